The molecule has 0 aliphatic carbocycles. The van der Waals surface area contributed by atoms with Crippen LogP contribution in [-0.4, -0.2) is 68.9 Å². The molecule has 1 heterocycles. The molecular weight excluding hydrogens is 635 g/mol. The summed E-state index contributed by atoms with van der Waals surface area (Å²) in [6.07, 6.45) is -3.10. The molecule has 0 bridgehead atoms. The van der Waals surface area contributed by atoms with Crippen molar-refractivity contribution in [2.45, 2.75) is 98.5 Å². The number of rotatable bonds is 11. The molecule has 0 unspecified atom stereocenters. The molecule has 1 aliphatic rings. The molecule has 12 heteroatoms. The van der Waals surface area contributed by atoms with Gasteiger partial charge < -0.3 is 18.4 Å². The minimum atomic E-state index is -4.05. The van der Waals surface area contributed by atoms with E-state index in [-0.39, 0.29) is 20.2 Å². The second-order valence-electron chi connectivity index (χ2n) is 11.1. The van der Waals surface area contributed by atoms with Crippen molar-refractivity contribution < 1.29 is 35.8 Å². The Morgan fingerprint density at radius 3 is 2.28 bits per heavy atom. The highest BCUT2D eigenvalue weighted by Crippen LogP contribution is 2.37. The lowest BCUT2D eigenvalue weighted by molar-refractivity contribution is -0.247. The largest absolute Gasteiger partial charge is 0.457 e. The maximum absolute atomic E-state index is 12.8. The van der Waals surface area contributed by atoms with E-state index in [1.807, 2.05) is 27.7 Å². The number of aryl methyl sites for hydroxylation is 1. The van der Waals surface area contributed by atoms with E-state index in [1.165, 1.54) is 31.1 Å². The molecule has 0 N–H and O–H groups in total. The lowest BCUT2D eigenvalue weighted by Gasteiger charge is -2.43. The maximum atomic E-state index is 12.8. The third-order valence-corrected chi connectivity index (χ3v) is 10.2. The number of esters is 1. The molecular formula is C24H39IO8S2Si. The van der Waals surface area contributed by atoms with Gasteiger partial charge in [-0.3, -0.25) is 8.98 Å². The van der Waals surface area contributed by atoms with Gasteiger partial charge in [-0.1, -0.05) is 59.9 Å². The Hall–Kier alpha value is -0.223. The van der Waals surface area contributed by atoms with E-state index >= 15 is 0 Å². The quantitative estimate of drug-likeness (QED) is 0.0769. The molecule has 1 saturated heterocycles. The van der Waals surface area contributed by atoms with E-state index in [1.54, 1.807) is 12.1 Å². The lowest BCUT2D eigenvalue weighted by atomic mass is 10.0. The van der Waals surface area contributed by atoms with Crippen molar-refractivity contribution in [3.63, 3.8) is 0 Å². The van der Waals surface area contributed by atoms with Gasteiger partial charge in [-0.15, -0.1) is 0 Å². The monoisotopic (exact) mass is 674 g/mol. The number of ether oxygens (including phenoxy) is 3. The van der Waals surface area contributed by atoms with Crippen LogP contribution in [0.2, 0.25) is 25.7 Å². The SMILES string of the molecule is CC(=O)O[C@H]1[C@H](OSC(C)(C)C)[C@@H](I)[C@H](OCC[Si](C)(C)C)O[C@@H]1COS(=O)(=O)c1ccc(C)cc1. The van der Waals surface area contributed by atoms with Gasteiger partial charge in [0, 0.05) is 26.4 Å². The summed E-state index contributed by atoms with van der Waals surface area (Å²) < 4.78 is 54.6. The van der Waals surface area contributed by atoms with E-state index in [0.717, 1.165) is 11.6 Å². The summed E-state index contributed by atoms with van der Waals surface area (Å²) in [5.74, 6) is -0.522. The van der Waals surface area contributed by atoms with Crippen molar-refractivity contribution in [3.05, 3.63) is 29.8 Å². The van der Waals surface area contributed by atoms with Gasteiger partial charge in [0.2, 0.25) is 0 Å². The first kappa shape index (κ1) is 32.0. The number of hydrogen-bond donors (Lipinski definition) is 0. The second kappa shape index (κ2) is 13.2. The highest BCUT2D eigenvalue weighted by atomic mass is 127. The third kappa shape index (κ3) is 10.5. The fraction of sp³-hybridized carbons (Fsp3) is 0.708. The summed E-state index contributed by atoms with van der Waals surface area (Å²) in [5, 5.41) is 0. The van der Waals surface area contributed by atoms with Crippen LogP contribution < -0.4 is 0 Å². The first-order chi connectivity index (χ1) is 16.5. The Kier molecular flexibility index (Phi) is 11.8. The molecule has 5 atom stereocenters. The summed E-state index contributed by atoms with van der Waals surface area (Å²) >= 11 is 3.46. The van der Waals surface area contributed by atoms with Crippen LogP contribution in [0.3, 0.4) is 0 Å². The highest BCUT2D eigenvalue weighted by Gasteiger charge is 2.49. The normalized spacial score (nSPS) is 25.5. The number of benzene rings is 1. The molecule has 1 fully saturated rings. The highest BCUT2D eigenvalue weighted by molar-refractivity contribution is 14.1. The zero-order chi connectivity index (χ0) is 27.3. The van der Waals surface area contributed by atoms with Gasteiger partial charge in [0.05, 0.1) is 15.4 Å². The van der Waals surface area contributed by atoms with E-state index in [4.69, 9.17) is 22.6 Å². The van der Waals surface area contributed by atoms with Crippen molar-refractivity contribution in [2.75, 3.05) is 13.2 Å². The zero-order valence-electron chi connectivity index (χ0n) is 22.3. The van der Waals surface area contributed by atoms with E-state index in [2.05, 4.69) is 42.2 Å². The van der Waals surface area contributed by atoms with Gasteiger partial charge >= 0.3 is 5.97 Å². The predicted molar refractivity (Wildman–Crippen MR) is 153 cm³/mol. The lowest BCUT2D eigenvalue weighted by Crippen LogP contribution is -2.59. The Morgan fingerprint density at radius 1 is 1.14 bits per heavy atom. The molecule has 0 spiro atoms. The molecule has 1 aromatic rings. The number of carbonyl (C=O) groups is 1. The van der Waals surface area contributed by atoms with Crippen LogP contribution in [0.4, 0.5) is 0 Å². The fourth-order valence-electron chi connectivity index (χ4n) is 3.19. The smallest absolute Gasteiger partial charge is 0.303 e. The second-order valence-corrected chi connectivity index (χ2v) is 21.3. The van der Waals surface area contributed by atoms with Gasteiger partial charge in [-0.25, -0.2) is 0 Å². The molecule has 2 rings (SSSR count). The van der Waals surface area contributed by atoms with Gasteiger partial charge in [0.25, 0.3) is 10.1 Å². The molecule has 36 heavy (non-hydrogen) atoms. The van der Waals surface area contributed by atoms with Crippen molar-refractivity contribution >= 4 is 58.8 Å². The minimum Gasteiger partial charge on any atom is -0.457 e. The molecule has 8 nitrogen and oxygen atoms in total. The van der Waals surface area contributed by atoms with Crippen molar-refractivity contribution in [1.82, 2.24) is 0 Å². The summed E-state index contributed by atoms with van der Waals surface area (Å²) in [6, 6.07) is 7.32. The average Bonchev–Trinajstić information content (AvgIpc) is 2.72. The van der Waals surface area contributed by atoms with Crippen LogP contribution in [0, 0.1) is 6.92 Å². The van der Waals surface area contributed by atoms with Gasteiger partial charge in [-0.05, 0) is 57.9 Å². The predicted octanol–water partition coefficient (Wildman–Crippen LogP) is 5.35. The van der Waals surface area contributed by atoms with Gasteiger partial charge in [-0.2, -0.15) is 8.42 Å². The number of halogens is 1. The van der Waals surface area contributed by atoms with Crippen LogP contribution in [-0.2, 0) is 37.5 Å². The summed E-state index contributed by atoms with van der Waals surface area (Å²) in [6.45, 7) is 16.1. The Balaban J connectivity index is 2.28. The fourth-order valence-corrected chi connectivity index (χ4v) is 6.60. The van der Waals surface area contributed by atoms with Crippen molar-refractivity contribution in [1.29, 1.82) is 0 Å². The topological polar surface area (TPSA) is 97.4 Å². The molecule has 1 aromatic carbocycles. The Morgan fingerprint density at radius 2 is 1.75 bits per heavy atom. The van der Waals surface area contributed by atoms with Crippen LogP contribution in [0.25, 0.3) is 0 Å². The summed E-state index contributed by atoms with van der Waals surface area (Å²) in [7, 11) is -5.40. The van der Waals surface area contributed by atoms with Crippen LogP contribution in [0.15, 0.2) is 29.2 Å². The molecule has 0 saturated carbocycles. The number of alkyl halides is 1. The van der Waals surface area contributed by atoms with Gasteiger partial charge in [0.1, 0.15) is 12.2 Å². The van der Waals surface area contributed by atoms with Crippen molar-refractivity contribution in [3.8, 4) is 0 Å². The molecule has 0 amide bonds. The average molecular weight is 675 g/mol. The third-order valence-electron chi connectivity index (χ3n) is 5.12. The van der Waals surface area contributed by atoms with Crippen LogP contribution in [0.1, 0.15) is 33.3 Å². The van der Waals surface area contributed by atoms with Gasteiger partial charge in [0.15, 0.2) is 12.4 Å². The first-order valence-electron chi connectivity index (χ1n) is 11.9. The standard InChI is InChI=1S/C24H39IO8S2Si/c1-16-9-11-18(12-10-16)35(27,28)30-15-19-21(31-17(2)26)22(33-34-24(3,4)5)20(25)23(32-19)29-13-14-36(6,7)8/h9-12,19-23H,13-15H2,1-8H3/t19-,20-,21-,22-,23-/m1/s1. The Labute approximate surface area is 235 Å². The van der Waals surface area contributed by atoms with Crippen LogP contribution >= 0.6 is 34.6 Å². The maximum Gasteiger partial charge on any atom is 0.303 e. The zero-order valence-corrected chi connectivity index (χ0v) is 27.1. The van der Waals surface area contributed by atoms with E-state index in [0.29, 0.717) is 6.61 Å². The first-order valence-corrected chi connectivity index (χ1v) is 19.0. The van der Waals surface area contributed by atoms with E-state index < -0.39 is 48.8 Å². The number of carbonyl (C=O) groups excluding carboxylic acids is 1. The number of hydrogen-bond acceptors (Lipinski definition) is 9. The minimum absolute atomic E-state index is 0.0405. The molecule has 0 aromatic heterocycles. The van der Waals surface area contributed by atoms with Crippen molar-refractivity contribution in [2.24, 2.45) is 0 Å². The summed E-state index contributed by atoms with van der Waals surface area (Å²) in [5.41, 5.74) is 0.933. The van der Waals surface area contributed by atoms with Crippen LogP contribution in [0.5, 0.6) is 0 Å². The van der Waals surface area contributed by atoms with E-state index in [9.17, 15) is 13.2 Å². The molecule has 206 valence electrons. The summed E-state index contributed by atoms with van der Waals surface area (Å²) in [4.78, 5) is 12.0. The molecule has 0 radical (unpaired) electrons. The Bertz CT molecular complexity index is 960. The molecule has 1 aliphatic heterocycles.